The summed E-state index contributed by atoms with van der Waals surface area (Å²) in [5.41, 5.74) is 3.00. The minimum absolute atomic E-state index is 0.0951. The Hall–Kier alpha value is -2.71. The van der Waals surface area contributed by atoms with Crippen LogP contribution in [0.5, 0.6) is 11.5 Å². The predicted octanol–water partition coefficient (Wildman–Crippen LogP) is 2.28. The Morgan fingerprint density at radius 3 is 2.64 bits per heavy atom. The van der Waals surface area contributed by atoms with Crippen molar-refractivity contribution in [2.45, 2.75) is 17.7 Å². The molecule has 0 aliphatic carbocycles. The Bertz CT molecular complexity index is 1090. The number of fused-ring (bicyclic) bond motifs is 2. The zero-order chi connectivity index (χ0) is 19.9. The van der Waals surface area contributed by atoms with Crippen LogP contribution in [0.25, 0.3) is 0 Å². The molecular weight excluding hydrogens is 380 g/mol. The number of ketones is 1. The number of hydrogen-bond donors (Lipinski definition) is 0. The van der Waals surface area contributed by atoms with Crippen LogP contribution < -0.4 is 9.47 Å². The lowest BCUT2D eigenvalue weighted by atomic mass is 9.93. The summed E-state index contributed by atoms with van der Waals surface area (Å²) < 4.78 is 36.7. The van der Waals surface area contributed by atoms with E-state index in [1.54, 1.807) is 12.1 Å². The van der Waals surface area contributed by atoms with Crippen molar-refractivity contribution < 1.29 is 22.7 Å². The fourth-order valence-electron chi connectivity index (χ4n) is 3.30. The number of rotatable bonds is 5. The Labute approximate surface area is 163 Å². The number of carbonyl (C=O) groups is 1. The first-order chi connectivity index (χ1) is 13.4. The number of sulfonamides is 1. The van der Waals surface area contributed by atoms with E-state index >= 15 is 0 Å². The summed E-state index contributed by atoms with van der Waals surface area (Å²) in [6, 6.07) is 9.93. The molecule has 2 aliphatic rings. The maximum absolute atomic E-state index is 12.9. The molecule has 0 N–H and O–H groups in total. The van der Waals surface area contributed by atoms with Crippen molar-refractivity contribution in [3.8, 4) is 11.5 Å². The third-order valence-corrected chi connectivity index (χ3v) is 6.67. The maximum Gasteiger partial charge on any atom is 0.242 e. The van der Waals surface area contributed by atoms with Crippen LogP contribution in [0.2, 0.25) is 0 Å². The fourth-order valence-corrected chi connectivity index (χ4v) is 4.25. The molecule has 0 fully saturated rings. The zero-order valence-corrected chi connectivity index (χ0v) is 16.5. The van der Waals surface area contributed by atoms with Gasteiger partial charge in [0.2, 0.25) is 16.8 Å². The van der Waals surface area contributed by atoms with Gasteiger partial charge in [-0.3, -0.25) is 9.79 Å². The normalized spacial score (nSPS) is 15.3. The first-order valence-corrected chi connectivity index (χ1v) is 10.3. The topological polar surface area (TPSA) is 85.3 Å². The predicted molar refractivity (Wildman–Crippen MR) is 104 cm³/mol. The minimum Gasteiger partial charge on any atom is -0.454 e. The zero-order valence-electron chi connectivity index (χ0n) is 15.6. The summed E-state index contributed by atoms with van der Waals surface area (Å²) >= 11 is 0. The van der Waals surface area contributed by atoms with Crippen molar-refractivity contribution in [1.29, 1.82) is 0 Å². The molecule has 7 nitrogen and oxygen atoms in total. The van der Waals surface area contributed by atoms with Crippen LogP contribution in [0.15, 0.2) is 46.3 Å². The molecule has 0 atom stereocenters. The smallest absolute Gasteiger partial charge is 0.242 e. The molecule has 0 spiro atoms. The Balaban J connectivity index is 1.61. The van der Waals surface area contributed by atoms with E-state index in [-0.39, 0.29) is 23.9 Å². The Morgan fingerprint density at radius 2 is 1.89 bits per heavy atom. The van der Waals surface area contributed by atoms with Gasteiger partial charge in [-0.05, 0) is 36.2 Å². The van der Waals surface area contributed by atoms with Gasteiger partial charge in [0.15, 0.2) is 17.3 Å². The van der Waals surface area contributed by atoms with E-state index in [4.69, 9.17) is 9.47 Å². The second kappa shape index (κ2) is 7.03. The number of Topliss-reactive ketones (excluding diaryl/α,β-unsaturated/α-hetero) is 1. The van der Waals surface area contributed by atoms with E-state index in [9.17, 15) is 13.2 Å². The summed E-state index contributed by atoms with van der Waals surface area (Å²) in [5.74, 6) is 1.19. The molecule has 0 amide bonds. The average molecular weight is 400 g/mol. The highest BCUT2D eigenvalue weighted by atomic mass is 32.2. The molecule has 0 radical (unpaired) electrons. The standard InChI is InChI=1S/C20H20N2O5S/c1-22(2)28(24,25)15-5-3-4-14(8-15)18(23)11-17-16-10-20-19(26-12-27-20)9-13(16)6-7-21-17/h3-5,8-10H,6-7,11-12H2,1-2H3. The summed E-state index contributed by atoms with van der Waals surface area (Å²) in [7, 11) is -0.681. The van der Waals surface area contributed by atoms with Crippen molar-refractivity contribution in [3.05, 3.63) is 53.1 Å². The van der Waals surface area contributed by atoms with Crippen molar-refractivity contribution in [1.82, 2.24) is 4.31 Å². The minimum atomic E-state index is -3.60. The summed E-state index contributed by atoms with van der Waals surface area (Å²) in [6.07, 6.45) is 0.873. The lowest BCUT2D eigenvalue weighted by Gasteiger charge is -2.17. The monoisotopic (exact) mass is 400 g/mol. The highest BCUT2D eigenvalue weighted by Crippen LogP contribution is 2.36. The highest BCUT2D eigenvalue weighted by molar-refractivity contribution is 7.89. The number of carbonyl (C=O) groups excluding carboxylic acids is 1. The molecule has 2 aliphatic heterocycles. The van der Waals surface area contributed by atoms with Crippen LogP contribution in [-0.2, 0) is 16.4 Å². The fraction of sp³-hybridized carbons (Fsp3) is 0.300. The highest BCUT2D eigenvalue weighted by Gasteiger charge is 2.24. The van der Waals surface area contributed by atoms with Crippen LogP contribution in [0.4, 0.5) is 0 Å². The number of aliphatic imine (C=N–C) groups is 1. The van der Waals surface area contributed by atoms with Gasteiger partial charge in [-0.2, -0.15) is 0 Å². The Morgan fingerprint density at radius 1 is 1.14 bits per heavy atom. The lowest BCUT2D eigenvalue weighted by Crippen LogP contribution is -2.22. The molecule has 0 aromatic heterocycles. The second-order valence-electron chi connectivity index (χ2n) is 6.86. The largest absolute Gasteiger partial charge is 0.454 e. The van der Waals surface area contributed by atoms with Crippen molar-refractivity contribution in [2.24, 2.45) is 4.99 Å². The molecule has 8 heteroatoms. The van der Waals surface area contributed by atoms with Gasteiger partial charge >= 0.3 is 0 Å². The number of hydrogen-bond acceptors (Lipinski definition) is 6. The van der Waals surface area contributed by atoms with Crippen molar-refractivity contribution in [2.75, 3.05) is 27.4 Å². The van der Waals surface area contributed by atoms with Gasteiger partial charge in [0.05, 0.1) is 17.0 Å². The summed E-state index contributed by atoms with van der Waals surface area (Å²) in [4.78, 5) is 17.5. The van der Waals surface area contributed by atoms with Crippen LogP contribution in [0.1, 0.15) is 27.9 Å². The molecule has 0 saturated carbocycles. The molecule has 4 rings (SSSR count). The molecule has 2 heterocycles. The SMILES string of the molecule is CN(C)S(=O)(=O)c1cccc(C(=O)CC2=NCCc3cc4c(cc32)OCO4)c1. The molecule has 2 aromatic carbocycles. The molecule has 0 saturated heterocycles. The Kier molecular flexibility index (Phi) is 4.68. The first-order valence-electron chi connectivity index (χ1n) is 8.88. The van der Waals surface area contributed by atoms with Gasteiger partial charge in [0.1, 0.15) is 0 Å². The molecular formula is C20H20N2O5S. The van der Waals surface area contributed by atoms with Gasteiger partial charge < -0.3 is 9.47 Å². The molecule has 0 unspecified atom stereocenters. The van der Waals surface area contributed by atoms with Gasteiger partial charge in [0.25, 0.3) is 0 Å². The van der Waals surface area contributed by atoms with Gasteiger partial charge in [-0.1, -0.05) is 12.1 Å². The molecule has 0 bridgehead atoms. The molecule has 28 heavy (non-hydrogen) atoms. The van der Waals surface area contributed by atoms with Gasteiger partial charge in [0, 0.05) is 31.8 Å². The summed E-state index contributed by atoms with van der Waals surface area (Å²) in [6.45, 7) is 0.793. The van der Waals surface area contributed by atoms with E-state index < -0.39 is 10.0 Å². The van der Waals surface area contributed by atoms with Crippen molar-refractivity contribution >= 4 is 21.5 Å². The third-order valence-electron chi connectivity index (χ3n) is 4.86. The van der Waals surface area contributed by atoms with Gasteiger partial charge in [-0.15, -0.1) is 0 Å². The number of benzene rings is 2. The quantitative estimate of drug-likeness (QED) is 0.719. The van der Waals surface area contributed by atoms with E-state index in [2.05, 4.69) is 4.99 Å². The van der Waals surface area contributed by atoms with Crippen LogP contribution >= 0.6 is 0 Å². The lowest BCUT2D eigenvalue weighted by molar-refractivity contribution is 0.100. The van der Waals surface area contributed by atoms with E-state index in [1.165, 1.54) is 26.2 Å². The summed E-state index contributed by atoms with van der Waals surface area (Å²) in [5, 5.41) is 0. The van der Waals surface area contributed by atoms with Crippen LogP contribution in [0, 0.1) is 0 Å². The average Bonchev–Trinajstić information content (AvgIpc) is 3.14. The van der Waals surface area contributed by atoms with Crippen LogP contribution in [-0.4, -0.2) is 51.7 Å². The van der Waals surface area contributed by atoms with E-state index in [0.717, 1.165) is 21.9 Å². The first kappa shape index (κ1) is 18.6. The third kappa shape index (κ3) is 3.29. The van der Waals surface area contributed by atoms with E-state index in [1.807, 2.05) is 12.1 Å². The molecule has 2 aromatic rings. The number of nitrogens with zero attached hydrogens (tertiary/aromatic N) is 2. The molecule has 146 valence electrons. The second-order valence-corrected chi connectivity index (χ2v) is 9.01. The van der Waals surface area contributed by atoms with Crippen molar-refractivity contribution in [3.63, 3.8) is 0 Å². The maximum atomic E-state index is 12.9. The van der Waals surface area contributed by atoms with Gasteiger partial charge in [-0.25, -0.2) is 12.7 Å². The van der Waals surface area contributed by atoms with E-state index in [0.29, 0.717) is 29.3 Å². The number of ether oxygens (including phenoxy) is 2. The van der Waals surface area contributed by atoms with Crippen LogP contribution in [0.3, 0.4) is 0 Å².